The van der Waals surface area contributed by atoms with E-state index in [4.69, 9.17) is 5.73 Å². The normalized spacial score (nSPS) is 15.1. The van der Waals surface area contributed by atoms with E-state index in [-0.39, 0.29) is 0 Å². The summed E-state index contributed by atoms with van der Waals surface area (Å²) < 4.78 is 0. The maximum atomic E-state index is 6.23. The molecule has 0 bridgehead atoms. The minimum atomic E-state index is 0.576. The average Bonchev–Trinajstić information content (AvgIpc) is 2.57. The van der Waals surface area contributed by atoms with Gasteiger partial charge in [0.2, 0.25) is 0 Å². The molecule has 2 aromatic heterocycles. The van der Waals surface area contributed by atoms with Crippen LogP contribution in [-0.2, 0) is 0 Å². The lowest BCUT2D eigenvalue weighted by molar-refractivity contribution is 0.492. The quantitative estimate of drug-likeness (QED) is 0.796. The van der Waals surface area contributed by atoms with Crippen LogP contribution in [0.2, 0.25) is 0 Å². The Labute approximate surface area is 135 Å². The van der Waals surface area contributed by atoms with E-state index in [1.54, 1.807) is 6.33 Å². The highest BCUT2D eigenvalue weighted by molar-refractivity contribution is 5.74. The third-order valence-electron chi connectivity index (χ3n) is 3.74. The highest BCUT2D eigenvalue weighted by Crippen LogP contribution is 2.27. The molecule has 0 aromatic carbocycles. The zero-order valence-corrected chi connectivity index (χ0v) is 13.5. The summed E-state index contributed by atoms with van der Waals surface area (Å²) >= 11 is 0. The molecule has 2 aromatic rings. The summed E-state index contributed by atoms with van der Waals surface area (Å²) in [6.45, 7) is 3.46. The highest BCUT2D eigenvalue weighted by atomic mass is 15.5. The zero-order chi connectivity index (χ0) is 16.2. The van der Waals surface area contributed by atoms with Crippen LogP contribution in [-0.4, -0.2) is 60.2 Å². The lowest BCUT2D eigenvalue weighted by Crippen LogP contribution is -2.47. The predicted octanol–water partition coefficient (Wildman–Crippen LogP) is 0.669. The Morgan fingerprint density at radius 2 is 1.78 bits per heavy atom. The van der Waals surface area contributed by atoms with E-state index in [1.165, 1.54) is 0 Å². The third kappa shape index (κ3) is 3.42. The second kappa shape index (κ2) is 6.66. The maximum absolute atomic E-state index is 6.23. The number of hydrogen-bond donors (Lipinski definition) is 2. The lowest BCUT2D eigenvalue weighted by Gasteiger charge is -2.36. The van der Waals surface area contributed by atoms with Crippen LogP contribution in [0, 0.1) is 0 Å². The topological polar surface area (TPSA) is 86.4 Å². The number of nitrogens with zero attached hydrogens (tertiary/aromatic N) is 6. The lowest BCUT2D eigenvalue weighted by atomic mass is 10.3. The molecule has 1 aliphatic heterocycles. The molecule has 1 fully saturated rings. The number of anilines is 4. The first-order chi connectivity index (χ1) is 11.1. The van der Waals surface area contributed by atoms with Gasteiger partial charge in [-0.3, -0.25) is 0 Å². The van der Waals surface area contributed by atoms with Gasteiger partial charge in [0.25, 0.3) is 0 Å². The molecule has 1 aliphatic rings. The summed E-state index contributed by atoms with van der Waals surface area (Å²) in [6.07, 6.45) is 3.37. The van der Waals surface area contributed by atoms with E-state index >= 15 is 0 Å². The number of nitrogens with two attached hydrogens (primary N) is 1. The van der Waals surface area contributed by atoms with Crippen LogP contribution < -0.4 is 21.0 Å². The molecule has 0 spiro atoms. The van der Waals surface area contributed by atoms with Crippen molar-refractivity contribution in [2.75, 3.05) is 61.2 Å². The monoisotopic (exact) mass is 314 g/mol. The molecule has 0 aliphatic carbocycles. The fraction of sp³-hybridized carbons (Fsp3) is 0.400. The van der Waals surface area contributed by atoms with Crippen LogP contribution in [0.5, 0.6) is 0 Å². The number of piperazine rings is 1. The van der Waals surface area contributed by atoms with E-state index in [1.807, 2.05) is 43.5 Å². The molecular formula is C15H22N8. The molecule has 0 radical (unpaired) electrons. The van der Waals surface area contributed by atoms with Gasteiger partial charge in [-0.1, -0.05) is 6.07 Å². The Kier molecular flexibility index (Phi) is 4.42. The van der Waals surface area contributed by atoms with Gasteiger partial charge in [-0.25, -0.2) is 20.0 Å². The van der Waals surface area contributed by atoms with Gasteiger partial charge in [-0.15, -0.1) is 0 Å². The predicted molar refractivity (Wildman–Crippen MR) is 92.4 cm³/mol. The standard InChI is InChI=1S/C15H22N8/c1-21(2)20-14-13(16)15(19-11-18-14)23-9-7-22(8-10-23)12-5-3-4-6-17-12/h3-6,11H,7-10,16H2,1-2H3,(H,18,19,20). The summed E-state index contributed by atoms with van der Waals surface area (Å²) in [5, 5.41) is 1.81. The number of nitrogen functional groups attached to an aromatic ring is 1. The molecule has 23 heavy (non-hydrogen) atoms. The SMILES string of the molecule is CN(C)Nc1ncnc(N2CCN(c3ccccn3)CC2)c1N. The van der Waals surface area contributed by atoms with Crippen molar-refractivity contribution in [2.45, 2.75) is 0 Å². The van der Waals surface area contributed by atoms with Crippen LogP contribution in [0.4, 0.5) is 23.1 Å². The fourth-order valence-corrected chi connectivity index (χ4v) is 2.63. The number of hydrazine groups is 1. The Bertz CT molecular complexity index is 637. The molecule has 0 saturated carbocycles. The molecule has 0 atom stereocenters. The van der Waals surface area contributed by atoms with Gasteiger partial charge in [0.05, 0.1) is 0 Å². The van der Waals surface area contributed by atoms with Crippen molar-refractivity contribution in [3.63, 3.8) is 0 Å². The van der Waals surface area contributed by atoms with Gasteiger partial charge in [0.1, 0.15) is 17.8 Å². The fourth-order valence-electron chi connectivity index (χ4n) is 2.63. The minimum Gasteiger partial charge on any atom is -0.393 e. The molecule has 122 valence electrons. The molecule has 0 amide bonds. The van der Waals surface area contributed by atoms with Gasteiger partial charge in [-0.05, 0) is 12.1 Å². The first-order valence-corrected chi connectivity index (χ1v) is 7.60. The van der Waals surface area contributed by atoms with Crippen molar-refractivity contribution >= 4 is 23.1 Å². The summed E-state index contributed by atoms with van der Waals surface area (Å²) in [5.41, 5.74) is 9.90. The van der Waals surface area contributed by atoms with E-state index in [0.29, 0.717) is 11.5 Å². The molecular weight excluding hydrogens is 292 g/mol. The van der Waals surface area contributed by atoms with Crippen molar-refractivity contribution in [2.24, 2.45) is 0 Å². The molecule has 3 rings (SSSR count). The first kappa shape index (κ1) is 15.3. The van der Waals surface area contributed by atoms with Gasteiger partial charge in [-0.2, -0.15) is 0 Å². The van der Waals surface area contributed by atoms with Crippen molar-refractivity contribution in [3.8, 4) is 0 Å². The maximum Gasteiger partial charge on any atom is 0.169 e. The van der Waals surface area contributed by atoms with E-state index in [2.05, 4.69) is 30.2 Å². The summed E-state index contributed by atoms with van der Waals surface area (Å²) in [7, 11) is 3.79. The van der Waals surface area contributed by atoms with Gasteiger partial charge >= 0.3 is 0 Å². The number of hydrogen-bond acceptors (Lipinski definition) is 8. The summed E-state index contributed by atoms with van der Waals surface area (Å²) in [5.74, 6) is 2.43. The molecule has 8 heteroatoms. The smallest absolute Gasteiger partial charge is 0.169 e. The van der Waals surface area contributed by atoms with E-state index in [9.17, 15) is 0 Å². The Balaban J connectivity index is 1.70. The van der Waals surface area contributed by atoms with Crippen molar-refractivity contribution in [3.05, 3.63) is 30.7 Å². The number of pyridine rings is 1. The zero-order valence-electron chi connectivity index (χ0n) is 13.5. The number of rotatable bonds is 4. The van der Waals surface area contributed by atoms with Gasteiger partial charge < -0.3 is 21.0 Å². The number of aromatic nitrogens is 3. The first-order valence-electron chi connectivity index (χ1n) is 7.60. The van der Waals surface area contributed by atoms with Crippen molar-refractivity contribution in [1.82, 2.24) is 20.0 Å². The van der Waals surface area contributed by atoms with Crippen molar-refractivity contribution < 1.29 is 0 Å². The summed E-state index contributed by atoms with van der Waals surface area (Å²) in [4.78, 5) is 17.4. The average molecular weight is 314 g/mol. The molecule has 3 heterocycles. The third-order valence-corrected chi connectivity index (χ3v) is 3.74. The Hall–Kier alpha value is -2.61. The highest BCUT2D eigenvalue weighted by Gasteiger charge is 2.22. The van der Waals surface area contributed by atoms with Gasteiger partial charge in [0, 0.05) is 46.5 Å². The molecule has 0 unspecified atom stereocenters. The van der Waals surface area contributed by atoms with Gasteiger partial charge in [0.15, 0.2) is 11.6 Å². The van der Waals surface area contributed by atoms with E-state index in [0.717, 1.165) is 37.8 Å². The van der Waals surface area contributed by atoms with Crippen LogP contribution in [0.3, 0.4) is 0 Å². The van der Waals surface area contributed by atoms with Crippen LogP contribution in [0.1, 0.15) is 0 Å². The largest absolute Gasteiger partial charge is 0.393 e. The van der Waals surface area contributed by atoms with Crippen molar-refractivity contribution in [1.29, 1.82) is 0 Å². The van der Waals surface area contributed by atoms with Crippen LogP contribution >= 0.6 is 0 Å². The Morgan fingerprint density at radius 1 is 1.04 bits per heavy atom. The Morgan fingerprint density at radius 3 is 2.43 bits per heavy atom. The minimum absolute atomic E-state index is 0.576. The molecule has 1 saturated heterocycles. The summed E-state index contributed by atoms with van der Waals surface area (Å²) in [6, 6.07) is 5.98. The van der Waals surface area contributed by atoms with E-state index < -0.39 is 0 Å². The second-order valence-corrected chi connectivity index (χ2v) is 5.63. The van der Waals surface area contributed by atoms with Crippen LogP contribution in [0.15, 0.2) is 30.7 Å². The molecule has 3 N–H and O–H groups in total. The number of nitrogens with one attached hydrogen (secondary N) is 1. The molecule has 8 nitrogen and oxygen atoms in total. The van der Waals surface area contributed by atoms with Crippen LogP contribution in [0.25, 0.3) is 0 Å². The second-order valence-electron chi connectivity index (χ2n) is 5.63.